The first-order valence-electron chi connectivity index (χ1n) is 5.51. The zero-order chi connectivity index (χ0) is 14.6. The monoisotopic (exact) mass is 309 g/mol. The Kier molecular flexibility index (Phi) is 4.26. The third kappa shape index (κ3) is 4.25. The molecule has 0 aliphatic rings. The fraction of sp³-hybridized carbons (Fsp3) is 0.0833. The Balaban J connectivity index is 2.08. The summed E-state index contributed by atoms with van der Waals surface area (Å²) >= 11 is 1.21. The highest BCUT2D eigenvalue weighted by molar-refractivity contribution is 7.92. The molecule has 0 saturated carbocycles. The molecular weight excluding hydrogens is 298 g/mol. The number of ketones is 1. The number of sulfonamides is 1. The van der Waals surface area contributed by atoms with E-state index in [4.69, 9.17) is 0 Å². The number of aromatic nitrogens is 2. The van der Waals surface area contributed by atoms with Crippen molar-refractivity contribution in [2.24, 2.45) is 0 Å². The van der Waals surface area contributed by atoms with Crippen LogP contribution in [0.15, 0.2) is 35.7 Å². The molecule has 20 heavy (non-hydrogen) atoms. The van der Waals surface area contributed by atoms with Gasteiger partial charge in [0.05, 0.1) is 11.9 Å². The van der Waals surface area contributed by atoms with Crippen LogP contribution in [-0.2, 0) is 10.0 Å². The predicted molar refractivity (Wildman–Crippen MR) is 78.2 cm³/mol. The van der Waals surface area contributed by atoms with E-state index in [1.54, 1.807) is 23.6 Å². The molecule has 0 saturated heterocycles. The Hall–Kier alpha value is -2.06. The minimum absolute atomic E-state index is 0.191. The second-order valence-electron chi connectivity index (χ2n) is 3.98. The van der Waals surface area contributed by atoms with Gasteiger partial charge in [-0.15, -0.1) is 5.10 Å². The number of hydrogen-bond donors (Lipinski definition) is 1. The van der Waals surface area contributed by atoms with Gasteiger partial charge in [0.1, 0.15) is 0 Å². The molecule has 2 aromatic rings. The van der Waals surface area contributed by atoms with Gasteiger partial charge < -0.3 is 0 Å². The summed E-state index contributed by atoms with van der Waals surface area (Å²) in [5.74, 6) is -0.191. The van der Waals surface area contributed by atoms with E-state index in [0.29, 0.717) is 16.9 Å². The van der Waals surface area contributed by atoms with Crippen LogP contribution in [0.3, 0.4) is 0 Å². The zero-order valence-corrected chi connectivity index (χ0v) is 12.1. The van der Waals surface area contributed by atoms with E-state index in [1.807, 2.05) is 0 Å². The largest absolute Gasteiger partial charge is 0.289 e. The van der Waals surface area contributed by atoms with E-state index in [9.17, 15) is 13.2 Å². The lowest BCUT2D eigenvalue weighted by Gasteiger charge is -2.03. The topological polar surface area (TPSA) is 89.0 Å². The van der Waals surface area contributed by atoms with Crippen molar-refractivity contribution >= 4 is 39.1 Å². The van der Waals surface area contributed by atoms with Crippen LogP contribution in [0, 0.1) is 0 Å². The van der Waals surface area contributed by atoms with Crippen molar-refractivity contribution in [3.05, 3.63) is 47.0 Å². The van der Waals surface area contributed by atoms with Crippen molar-refractivity contribution in [1.29, 1.82) is 0 Å². The highest BCUT2D eigenvalue weighted by atomic mass is 32.2. The quantitative estimate of drug-likeness (QED) is 0.672. The number of hydrogen-bond acceptors (Lipinski definition) is 6. The van der Waals surface area contributed by atoms with Crippen LogP contribution in [0.25, 0.3) is 6.08 Å². The Labute approximate surface area is 120 Å². The Bertz CT molecular complexity index is 720. The molecule has 0 radical (unpaired) electrons. The molecule has 1 N–H and O–H groups in total. The molecule has 6 nitrogen and oxygen atoms in total. The number of rotatable bonds is 5. The molecule has 8 heteroatoms. The van der Waals surface area contributed by atoms with Crippen LogP contribution in [0.5, 0.6) is 0 Å². The average Bonchev–Trinajstić information content (AvgIpc) is 2.88. The molecule has 1 aromatic heterocycles. The van der Waals surface area contributed by atoms with Gasteiger partial charge in [-0.2, -0.15) is 0 Å². The number of nitrogens with zero attached hydrogens (tertiary/aromatic N) is 2. The van der Waals surface area contributed by atoms with Crippen molar-refractivity contribution in [3.63, 3.8) is 0 Å². The summed E-state index contributed by atoms with van der Waals surface area (Å²) in [4.78, 5) is 11.9. The first kappa shape index (κ1) is 14.4. The van der Waals surface area contributed by atoms with Gasteiger partial charge >= 0.3 is 0 Å². The molecule has 0 bridgehead atoms. The van der Waals surface area contributed by atoms with Crippen molar-refractivity contribution in [2.45, 2.75) is 0 Å². The normalized spacial score (nSPS) is 11.7. The number of carbonyl (C=O) groups excluding carboxylic acids is 1. The lowest BCUT2D eigenvalue weighted by molar-refractivity contribution is 0.104. The van der Waals surface area contributed by atoms with E-state index in [-0.39, 0.29) is 5.78 Å². The number of nitrogens with one attached hydrogen (secondary N) is 1. The molecule has 0 aliphatic heterocycles. The van der Waals surface area contributed by atoms with Gasteiger partial charge in [0.15, 0.2) is 5.78 Å². The maximum Gasteiger partial charge on any atom is 0.229 e. The van der Waals surface area contributed by atoms with Gasteiger partial charge in [0, 0.05) is 16.6 Å². The minimum atomic E-state index is -3.31. The standard InChI is InChI=1S/C12H11N3O3S2/c1-20(17,18)14-10-4-2-9(3-5-10)12(16)7-6-11-8-19-15-13-11/h2-8,14H,1H3/b7-6+. The summed E-state index contributed by atoms with van der Waals surface area (Å²) in [6, 6.07) is 6.18. The van der Waals surface area contributed by atoms with Crippen molar-refractivity contribution < 1.29 is 13.2 Å². The maximum absolute atomic E-state index is 11.9. The molecule has 0 atom stereocenters. The summed E-state index contributed by atoms with van der Waals surface area (Å²) in [6.45, 7) is 0. The molecule has 0 aliphatic carbocycles. The molecule has 0 amide bonds. The van der Waals surface area contributed by atoms with E-state index in [0.717, 1.165) is 6.26 Å². The van der Waals surface area contributed by atoms with Gasteiger partial charge in [0.25, 0.3) is 0 Å². The van der Waals surface area contributed by atoms with Crippen molar-refractivity contribution in [1.82, 2.24) is 9.59 Å². The van der Waals surface area contributed by atoms with Gasteiger partial charge in [-0.05, 0) is 47.9 Å². The SMILES string of the molecule is CS(=O)(=O)Nc1ccc(C(=O)/C=C/c2csnn2)cc1. The summed E-state index contributed by atoms with van der Waals surface area (Å²) in [5.41, 5.74) is 1.50. The molecule has 1 aromatic carbocycles. The molecule has 1 heterocycles. The number of carbonyl (C=O) groups is 1. The van der Waals surface area contributed by atoms with Crippen LogP contribution in [0.4, 0.5) is 5.69 Å². The third-order valence-electron chi connectivity index (χ3n) is 2.26. The first-order valence-corrected chi connectivity index (χ1v) is 8.24. The molecule has 0 spiro atoms. The Morgan fingerprint density at radius 1 is 1.30 bits per heavy atom. The predicted octanol–water partition coefficient (Wildman–Crippen LogP) is 1.81. The second kappa shape index (κ2) is 5.93. The molecular formula is C12H11N3O3S2. The minimum Gasteiger partial charge on any atom is -0.289 e. The van der Waals surface area contributed by atoms with Crippen molar-refractivity contribution in [3.8, 4) is 0 Å². The van der Waals surface area contributed by atoms with Crippen LogP contribution < -0.4 is 4.72 Å². The molecule has 0 unspecified atom stereocenters. The smallest absolute Gasteiger partial charge is 0.229 e. The van der Waals surface area contributed by atoms with Gasteiger partial charge in [-0.3, -0.25) is 9.52 Å². The van der Waals surface area contributed by atoms with Crippen LogP contribution in [-0.4, -0.2) is 30.0 Å². The van der Waals surface area contributed by atoms with Gasteiger partial charge in [-0.1, -0.05) is 4.49 Å². The highest BCUT2D eigenvalue weighted by Crippen LogP contribution is 2.12. The third-order valence-corrected chi connectivity index (χ3v) is 3.38. The van der Waals surface area contributed by atoms with E-state index in [1.165, 1.54) is 29.7 Å². The van der Waals surface area contributed by atoms with E-state index >= 15 is 0 Å². The van der Waals surface area contributed by atoms with Crippen LogP contribution in [0.1, 0.15) is 16.1 Å². The number of allylic oxidation sites excluding steroid dienone is 1. The molecule has 0 fully saturated rings. The fourth-order valence-corrected chi connectivity index (χ4v) is 2.40. The van der Waals surface area contributed by atoms with Crippen LogP contribution in [0.2, 0.25) is 0 Å². The summed E-state index contributed by atoms with van der Waals surface area (Å²) in [7, 11) is -3.31. The summed E-state index contributed by atoms with van der Waals surface area (Å²) < 4.78 is 28.1. The molecule has 2 rings (SSSR count). The highest BCUT2D eigenvalue weighted by Gasteiger charge is 2.04. The average molecular weight is 309 g/mol. The first-order chi connectivity index (χ1) is 9.44. The van der Waals surface area contributed by atoms with Gasteiger partial charge in [-0.25, -0.2) is 8.42 Å². The lowest BCUT2D eigenvalue weighted by Crippen LogP contribution is -2.09. The number of benzene rings is 1. The maximum atomic E-state index is 11.9. The van der Waals surface area contributed by atoms with Crippen LogP contribution >= 0.6 is 11.5 Å². The molecule has 104 valence electrons. The summed E-state index contributed by atoms with van der Waals surface area (Å²) in [6.07, 6.45) is 4.04. The fourth-order valence-electron chi connectivity index (χ4n) is 1.42. The summed E-state index contributed by atoms with van der Waals surface area (Å²) in [5, 5.41) is 5.51. The van der Waals surface area contributed by atoms with E-state index < -0.39 is 10.0 Å². The lowest BCUT2D eigenvalue weighted by atomic mass is 10.1. The van der Waals surface area contributed by atoms with E-state index in [2.05, 4.69) is 14.3 Å². The Morgan fingerprint density at radius 2 is 2.00 bits per heavy atom. The van der Waals surface area contributed by atoms with Crippen molar-refractivity contribution in [2.75, 3.05) is 11.0 Å². The number of anilines is 1. The van der Waals surface area contributed by atoms with Gasteiger partial charge in [0.2, 0.25) is 10.0 Å². The zero-order valence-electron chi connectivity index (χ0n) is 10.5. The Morgan fingerprint density at radius 3 is 2.55 bits per heavy atom. The second-order valence-corrected chi connectivity index (χ2v) is 6.34.